The molecule has 0 aliphatic rings. The number of anilines is 1. The van der Waals surface area contributed by atoms with Crippen LogP contribution in [-0.2, 0) is 6.61 Å². The van der Waals surface area contributed by atoms with E-state index in [1.165, 1.54) is 0 Å². The fourth-order valence-corrected chi connectivity index (χ4v) is 1.71. The summed E-state index contributed by atoms with van der Waals surface area (Å²) in [6.45, 7) is -0.0940. The molecular weight excluding hydrogens is 268 g/mol. The number of halogens is 1. The Hall–Kier alpha value is -1.39. The molecule has 0 unspecified atom stereocenters. The molecule has 0 aliphatic carbocycles. The van der Waals surface area contributed by atoms with Crippen molar-refractivity contribution < 1.29 is 5.11 Å². The molecule has 4 heteroatoms. The first-order chi connectivity index (χ1) is 7.70. The van der Waals surface area contributed by atoms with Crippen LogP contribution in [0.4, 0.5) is 5.82 Å². The number of aliphatic hydroxyl groups is 1. The molecule has 0 saturated carbocycles. The van der Waals surface area contributed by atoms with Crippen molar-refractivity contribution in [3.8, 4) is 11.1 Å². The minimum Gasteiger partial charge on any atom is -0.392 e. The van der Waals surface area contributed by atoms with Gasteiger partial charge in [-0.25, -0.2) is 4.98 Å². The number of pyridine rings is 1. The Morgan fingerprint density at radius 1 is 1.19 bits per heavy atom. The van der Waals surface area contributed by atoms with Gasteiger partial charge < -0.3 is 10.8 Å². The molecule has 0 spiro atoms. The van der Waals surface area contributed by atoms with Crippen molar-refractivity contribution in [1.82, 2.24) is 4.98 Å². The molecule has 0 fully saturated rings. The molecule has 1 heterocycles. The zero-order valence-electron chi connectivity index (χ0n) is 8.52. The maximum atomic E-state index is 9.11. The zero-order valence-corrected chi connectivity index (χ0v) is 10.1. The standard InChI is InChI=1S/C12H11BrN2O/c13-11-3-1-8(2-4-11)9-5-10(7-16)12(14)15-6-9/h1-6,16H,7H2,(H2,14,15). The molecule has 3 N–H and O–H groups in total. The molecule has 0 atom stereocenters. The van der Waals surface area contributed by atoms with E-state index in [1.807, 2.05) is 30.3 Å². The van der Waals surface area contributed by atoms with E-state index in [0.717, 1.165) is 15.6 Å². The molecule has 82 valence electrons. The molecule has 0 amide bonds. The number of hydrogen-bond acceptors (Lipinski definition) is 3. The van der Waals surface area contributed by atoms with Gasteiger partial charge in [0.15, 0.2) is 0 Å². The van der Waals surface area contributed by atoms with Crippen LogP contribution in [0.1, 0.15) is 5.56 Å². The van der Waals surface area contributed by atoms with Gasteiger partial charge in [0.05, 0.1) is 6.61 Å². The second kappa shape index (κ2) is 4.63. The van der Waals surface area contributed by atoms with Crippen molar-refractivity contribution in [1.29, 1.82) is 0 Å². The van der Waals surface area contributed by atoms with Crippen molar-refractivity contribution in [3.63, 3.8) is 0 Å². The van der Waals surface area contributed by atoms with Gasteiger partial charge in [0.2, 0.25) is 0 Å². The summed E-state index contributed by atoms with van der Waals surface area (Å²) < 4.78 is 1.03. The number of aliphatic hydroxyl groups excluding tert-OH is 1. The minimum absolute atomic E-state index is 0.0940. The first kappa shape index (κ1) is 11.1. The van der Waals surface area contributed by atoms with Crippen LogP contribution < -0.4 is 5.73 Å². The number of nitrogens with zero attached hydrogens (tertiary/aromatic N) is 1. The van der Waals surface area contributed by atoms with Crippen molar-refractivity contribution in [2.24, 2.45) is 0 Å². The summed E-state index contributed by atoms with van der Waals surface area (Å²) >= 11 is 3.38. The van der Waals surface area contributed by atoms with E-state index in [-0.39, 0.29) is 6.61 Å². The Labute approximate surface area is 102 Å². The van der Waals surface area contributed by atoms with Crippen molar-refractivity contribution in [2.45, 2.75) is 6.61 Å². The Kier molecular flexibility index (Phi) is 3.22. The van der Waals surface area contributed by atoms with Crippen LogP contribution in [0.2, 0.25) is 0 Å². The van der Waals surface area contributed by atoms with E-state index in [9.17, 15) is 0 Å². The molecule has 1 aromatic heterocycles. The maximum Gasteiger partial charge on any atom is 0.128 e. The number of nitrogen functional groups attached to an aromatic ring is 1. The molecule has 0 radical (unpaired) electrons. The molecule has 3 nitrogen and oxygen atoms in total. The Balaban J connectivity index is 2.44. The molecule has 0 aliphatic heterocycles. The lowest BCUT2D eigenvalue weighted by molar-refractivity contribution is 0.282. The third kappa shape index (κ3) is 2.23. The summed E-state index contributed by atoms with van der Waals surface area (Å²) in [6, 6.07) is 9.75. The normalized spacial score (nSPS) is 10.4. The monoisotopic (exact) mass is 278 g/mol. The van der Waals surface area contributed by atoms with Gasteiger partial charge in [-0.3, -0.25) is 0 Å². The van der Waals surface area contributed by atoms with E-state index >= 15 is 0 Å². The molecule has 0 bridgehead atoms. The summed E-state index contributed by atoms with van der Waals surface area (Å²) in [7, 11) is 0. The molecule has 1 aromatic carbocycles. The Morgan fingerprint density at radius 3 is 2.50 bits per heavy atom. The number of nitrogens with two attached hydrogens (primary N) is 1. The first-order valence-corrected chi connectivity index (χ1v) is 5.61. The van der Waals surface area contributed by atoms with Crippen LogP contribution in [0.25, 0.3) is 11.1 Å². The summed E-state index contributed by atoms with van der Waals surface area (Å²) in [5.41, 5.74) is 8.27. The fourth-order valence-electron chi connectivity index (χ4n) is 1.45. The van der Waals surface area contributed by atoms with Gasteiger partial charge >= 0.3 is 0 Å². The molecule has 2 rings (SSSR count). The van der Waals surface area contributed by atoms with Crippen LogP contribution in [0.3, 0.4) is 0 Å². The lowest BCUT2D eigenvalue weighted by Crippen LogP contribution is -1.97. The summed E-state index contributed by atoms with van der Waals surface area (Å²) in [6.07, 6.45) is 1.71. The maximum absolute atomic E-state index is 9.11. The van der Waals surface area contributed by atoms with Crippen LogP contribution in [0, 0.1) is 0 Å². The molecule has 16 heavy (non-hydrogen) atoms. The zero-order chi connectivity index (χ0) is 11.5. The number of aromatic nitrogens is 1. The highest BCUT2D eigenvalue weighted by molar-refractivity contribution is 9.10. The van der Waals surface area contributed by atoms with E-state index in [2.05, 4.69) is 20.9 Å². The van der Waals surface area contributed by atoms with Crippen molar-refractivity contribution in [3.05, 3.63) is 46.6 Å². The lowest BCUT2D eigenvalue weighted by atomic mass is 10.1. The van der Waals surface area contributed by atoms with Crippen molar-refractivity contribution >= 4 is 21.7 Å². The van der Waals surface area contributed by atoms with Crippen LogP contribution in [0.5, 0.6) is 0 Å². The average Bonchev–Trinajstić information content (AvgIpc) is 2.31. The molecular formula is C12H11BrN2O. The van der Waals surface area contributed by atoms with Crippen LogP contribution >= 0.6 is 15.9 Å². The van der Waals surface area contributed by atoms with Gasteiger partial charge in [-0.2, -0.15) is 0 Å². The first-order valence-electron chi connectivity index (χ1n) is 4.82. The van der Waals surface area contributed by atoms with E-state index < -0.39 is 0 Å². The third-order valence-corrected chi connectivity index (χ3v) is 2.88. The average molecular weight is 279 g/mol. The summed E-state index contributed by atoms with van der Waals surface area (Å²) in [5, 5.41) is 9.11. The summed E-state index contributed by atoms with van der Waals surface area (Å²) in [4.78, 5) is 4.05. The van der Waals surface area contributed by atoms with Crippen LogP contribution in [0.15, 0.2) is 41.0 Å². The lowest BCUT2D eigenvalue weighted by Gasteiger charge is -2.05. The van der Waals surface area contributed by atoms with Crippen LogP contribution in [-0.4, -0.2) is 10.1 Å². The SMILES string of the molecule is Nc1ncc(-c2ccc(Br)cc2)cc1CO. The number of benzene rings is 1. The smallest absolute Gasteiger partial charge is 0.128 e. The molecule has 0 saturated heterocycles. The quantitative estimate of drug-likeness (QED) is 0.888. The van der Waals surface area contributed by atoms with Gasteiger partial charge in [-0.1, -0.05) is 28.1 Å². The second-order valence-electron chi connectivity index (χ2n) is 3.43. The van der Waals surface area contributed by atoms with Gasteiger partial charge in [0.25, 0.3) is 0 Å². The fraction of sp³-hybridized carbons (Fsp3) is 0.0833. The predicted molar refractivity (Wildman–Crippen MR) is 67.7 cm³/mol. The Bertz CT molecular complexity index is 497. The number of rotatable bonds is 2. The molecule has 2 aromatic rings. The van der Waals surface area contributed by atoms with E-state index in [4.69, 9.17) is 10.8 Å². The Morgan fingerprint density at radius 2 is 1.88 bits per heavy atom. The highest BCUT2D eigenvalue weighted by Crippen LogP contribution is 2.23. The minimum atomic E-state index is -0.0940. The van der Waals surface area contributed by atoms with Gasteiger partial charge in [-0.15, -0.1) is 0 Å². The summed E-state index contributed by atoms with van der Waals surface area (Å²) in [5.74, 6) is 0.378. The van der Waals surface area contributed by atoms with Gasteiger partial charge in [0.1, 0.15) is 5.82 Å². The number of hydrogen-bond donors (Lipinski definition) is 2. The highest BCUT2D eigenvalue weighted by Gasteiger charge is 2.03. The van der Waals surface area contributed by atoms with E-state index in [0.29, 0.717) is 11.4 Å². The third-order valence-electron chi connectivity index (χ3n) is 2.35. The largest absolute Gasteiger partial charge is 0.392 e. The predicted octanol–water partition coefficient (Wildman–Crippen LogP) is 2.59. The van der Waals surface area contributed by atoms with Crippen molar-refractivity contribution in [2.75, 3.05) is 5.73 Å². The van der Waals surface area contributed by atoms with E-state index in [1.54, 1.807) is 6.20 Å². The highest BCUT2D eigenvalue weighted by atomic mass is 79.9. The topological polar surface area (TPSA) is 59.1 Å². The second-order valence-corrected chi connectivity index (χ2v) is 4.35. The van der Waals surface area contributed by atoms with Gasteiger partial charge in [0, 0.05) is 21.8 Å². The van der Waals surface area contributed by atoms with Gasteiger partial charge in [-0.05, 0) is 23.8 Å².